The van der Waals surface area contributed by atoms with Crippen LogP contribution in [0.3, 0.4) is 0 Å². The Morgan fingerprint density at radius 2 is 1.57 bits per heavy atom. The molecule has 0 atom stereocenters. The summed E-state index contributed by atoms with van der Waals surface area (Å²) in [6.07, 6.45) is 2.06. The average molecular weight is 273 g/mol. The van der Waals surface area contributed by atoms with Crippen LogP contribution in [0.15, 0.2) is 54.7 Å². The highest BCUT2D eigenvalue weighted by molar-refractivity contribution is 5.80. The van der Waals surface area contributed by atoms with Crippen LogP contribution in [0.4, 0.5) is 0 Å². The lowest BCUT2D eigenvalue weighted by Crippen LogP contribution is -1.91. The fraction of sp³-hybridized carbons (Fsp3) is 0.111. The minimum Gasteiger partial charge on any atom is -0.283 e. The minimum absolute atomic E-state index is 0.927. The van der Waals surface area contributed by atoms with E-state index in [2.05, 4.69) is 58.9 Å². The van der Waals surface area contributed by atoms with Crippen molar-refractivity contribution in [1.82, 2.24) is 14.4 Å². The maximum atomic E-state index is 4.72. The first-order valence-corrected chi connectivity index (χ1v) is 7.03. The average Bonchev–Trinajstić information content (AvgIpc) is 2.92. The fourth-order valence-electron chi connectivity index (χ4n) is 2.59. The summed E-state index contributed by atoms with van der Waals surface area (Å²) in [4.78, 5) is 9.36. The molecule has 0 saturated carbocycles. The molecule has 0 bridgehead atoms. The molecule has 0 aliphatic heterocycles. The van der Waals surface area contributed by atoms with Crippen molar-refractivity contribution in [1.29, 1.82) is 0 Å². The normalized spacial score (nSPS) is 11.3. The van der Waals surface area contributed by atoms with Crippen LogP contribution in [-0.2, 0) is 0 Å². The van der Waals surface area contributed by atoms with Crippen LogP contribution < -0.4 is 0 Å². The van der Waals surface area contributed by atoms with Gasteiger partial charge in [-0.2, -0.15) is 0 Å². The van der Waals surface area contributed by atoms with Crippen LogP contribution in [0, 0.1) is 13.8 Å². The van der Waals surface area contributed by atoms with Crippen molar-refractivity contribution in [3.8, 4) is 11.3 Å². The van der Waals surface area contributed by atoms with Gasteiger partial charge in [-0.3, -0.25) is 4.40 Å². The van der Waals surface area contributed by atoms with Gasteiger partial charge in [0.15, 0.2) is 0 Å². The van der Waals surface area contributed by atoms with E-state index in [0.717, 1.165) is 33.6 Å². The molecule has 0 N–H and O–H groups in total. The van der Waals surface area contributed by atoms with Crippen molar-refractivity contribution >= 4 is 16.7 Å². The SMILES string of the molecule is Cc1ccc(-c2cn3c(ccc4ccc(C)nc43)n2)cc1. The van der Waals surface area contributed by atoms with Crippen LogP contribution in [0.2, 0.25) is 0 Å². The van der Waals surface area contributed by atoms with Crippen molar-refractivity contribution < 1.29 is 0 Å². The summed E-state index contributed by atoms with van der Waals surface area (Å²) in [5.74, 6) is 0. The third-order valence-corrected chi connectivity index (χ3v) is 3.77. The molecule has 21 heavy (non-hydrogen) atoms. The third kappa shape index (κ3) is 1.98. The molecular weight excluding hydrogens is 258 g/mol. The lowest BCUT2D eigenvalue weighted by molar-refractivity contribution is 1.15. The summed E-state index contributed by atoms with van der Waals surface area (Å²) in [6, 6.07) is 16.7. The largest absolute Gasteiger partial charge is 0.283 e. The van der Waals surface area contributed by atoms with Gasteiger partial charge in [-0.25, -0.2) is 9.97 Å². The van der Waals surface area contributed by atoms with Crippen LogP contribution in [0.25, 0.3) is 27.9 Å². The Bertz CT molecular complexity index is 949. The van der Waals surface area contributed by atoms with Gasteiger partial charge in [-0.05, 0) is 38.1 Å². The monoisotopic (exact) mass is 273 g/mol. The molecule has 0 radical (unpaired) electrons. The number of benzene rings is 1. The second-order valence-corrected chi connectivity index (χ2v) is 5.42. The molecular formula is C18H15N3. The van der Waals surface area contributed by atoms with Gasteiger partial charge < -0.3 is 0 Å². The van der Waals surface area contributed by atoms with Crippen molar-refractivity contribution in [2.75, 3.05) is 0 Å². The molecule has 3 heterocycles. The maximum Gasteiger partial charge on any atom is 0.145 e. The number of aromatic nitrogens is 3. The molecule has 0 aliphatic rings. The van der Waals surface area contributed by atoms with Gasteiger partial charge in [0.05, 0.1) is 5.69 Å². The van der Waals surface area contributed by atoms with Crippen LogP contribution in [-0.4, -0.2) is 14.4 Å². The number of hydrogen-bond donors (Lipinski definition) is 0. The highest BCUT2D eigenvalue weighted by atomic mass is 15.0. The van der Waals surface area contributed by atoms with Crippen LogP contribution in [0.1, 0.15) is 11.3 Å². The maximum absolute atomic E-state index is 4.72. The van der Waals surface area contributed by atoms with E-state index in [9.17, 15) is 0 Å². The first kappa shape index (κ1) is 12.1. The van der Waals surface area contributed by atoms with Gasteiger partial charge in [-0.15, -0.1) is 0 Å². The summed E-state index contributed by atoms with van der Waals surface area (Å²) < 4.78 is 2.07. The van der Waals surface area contributed by atoms with Crippen molar-refractivity contribution in [3.05, 3.63) is 66.0 Å². The Morgan fingerprint density at radius 1 is 0.810 bits per heavy atom. The number of hydrogen-bond acceptors (Lipinski definition) is 2. The number of imidazole rings is 1. The summed E-state index contributed by atoms with van der Waals surface area (Å²) in [5, 5.41) is 1.13. The summed E-state index contributed by atoms with van der Waals surface area (Å²) in [7, 11) is 0. The van der Waals surface area contributed by atoms with Crippen LogP contribution in [0.5, 0.6) is 0 Å². The lowest BCUT2D eigenvalue weighted by atomic mass is 10.1. The van der Waals surface area contributed by atoms with Gasteiger partial charge in [0, 0.05) is 22.8 Å². The molecule has 102 valence electrons. The van der Waals surface area contributed by atoms with E-state index in [1.807, 2.05) is 19.1 Å². The highest BCUT2D eigenvalue weighted by Gasteiger charge is 2.07. The smallest absolute Gasteiger partial charge is 0.145 e. The van der Waals surface area contributed by atoms with Crippen molar-refractivity contribution in [3.63, 3.8) is 0 Å². The molecule has 0 aliphatic carbocycles. The van der Waals surface area contributed by atoms with E-state index in [0.29, 0.717) is 0 Å². The van der Waals surface area contributed by atoms with E-state index in [-0.39, 0.29) is 0 Å². The summed E-state index contributed by atoms with van der Waals surface area (Å²) in [5.41, 5.74) is 6.26. The second kappa shape index (κ2) is 4.42. The number of fused-ring (bicyclic) bond motifs is 3. The zero-order chi connectivity index (χ0) is 14.4. The Balaban J connectivity index is 1.99. The molecule has 0 amide bonds. The topological polar surface area (TPSA) is 30.2 Å². The molecule has 4 aromatic rings. The zero-order valence-electron chi connectivity index (χ0n) is 12.0. The quantitative estimate of drug-likeness (QED) is 0.521. The lowest BCUT2D eigenvalue weighted by Gasteiger charge is -2.01. The zero-order valence-corrected chi connectivity index (χ0v) is 12.0. The molecule has 0 saturated heterocycles. The fourth-order valence-corrected chi connectivity index (χ4v) is 2.59. The molecule has 4 rings (SSSR count). The Kier molecular flexibility index (Phi) is 2.54. The predicted molar refractivity (Wildman–Crippen MR) is 85.4 cm³/mol. The van der Waals surface area contributed by atoms with Gasteiger partial charge >= 0.3 is 0 Å². The first-order chi connectivity index (χ1) is 10.2. The Labute approximate surface area is 122 Å². The Morgan fingerprint density at radius 3 is 2.38 bits per heavy atom. The van der Waals surface area contributed by atoms with E-state index in [1.54, 1.807) is 0 Å². The number of aryl methyl sites for hydroxylation is 2. The standard InChI is InChI=1S/C18H15N3/c1-12-3-6-14(7-4-12)16-11-21-17(20-16)10-9-15-8-5-13(2)19-18(15)21/h3-11H,1-2H3. The first-order valence-electron chi connectivity index (χ1n) is 7.03. The molecule has 0 fully saturated rings. The van der Waals surface area contributed by atoms with Crippen molar-refractivity contribution in [2.24, 2.45) is 0 Å². The van der Waals surface area contributed by atoms with E-state index in [4.69, 9.17) is 4.98 Å². The van der Waals surface area contributed by atoms with E-state index < -0.39 is 0 Å². The van der Waals surface area contributed by atoms with Crippen LogP contribution >= 0.6 is 0 Å². The molecule has 0 spiro atoms. The number of pyridine rings is 2. The highest BCUT2D eigenvalue weighted by Crippen LogP contribution is 2.22. The molecule has 3 aromatic heterocycles. The Hall–Kier alpha value is -2.68. The second-order valence-electron chi connectivity index (χ2n) is 5.42. The molecule has 3 heteroatoms. The van der Waals surface area contributed by atoms with Gasteiger partial charge in [-0.1, -0.05) is 29.8 Å². The van der Waals surface area contributed by atoms with Gasteiger partial charge in [0.2, 0.25) is 0 Å². The summed E-state index contributed by atoms with van der Waals surface area (Å²) >= 11 is 0. The van der Waals surface area contributed by atoms with Gasteiger partial charge in [0.1, 0.15) is 11.3 Å². The molecule has 1 aromatic carbocycles. The van der Waals surface area contributed by atoms with E-state index >= 15 is 0 Å². The molecule has 0 unspecified atom stereocenters. The number of rotatable bonds is 1. The third-order valence-electron chi connectivity index (χ3n) is 3.77. The number of nitrogens with zero attached hydrogens (tertiary/aromatic N) is 3. The van der Waals surface area contributed by atoms with Crippen molar-refractivity contribution in [2.45, 2.75) is 13.8 Å². The van der Waals surface area contributed by atoms with Gasteiger partial charge in [0.25, 0.3) is 0 Å². The molecule has 3 nitrogen and oxygen atoms in total. The van der Waals surface area contributed by atoms with E-state index in [1.165, 1.54) is 5.56 Å². The summed E-state index contributed by atoms with van der Waals surface area (Å²) in [6.45, 7) is 4.10. The minimum atomic E-state index is 0.927. The predicted octanol–water partition coefficient (Wildman–Crippen LogP) is 4.17.